The van der Waals surface area contributed by atoms with Crippen molar-refractivity contribution in [3.8, 4) is 0 Å². The van der Waals surface area contributed by atoms with Crippen LogP contribution in [0.25, 0.3) is 0 Å². The molecule has 0 radical (unpaired) electrons. The number of hydrogen-bond acceptors (Lipinski definition) is 5. The molecule has 0 spiro atoms. The van der Waals surface area contributed by atoms with E-state index in [9.17, 15) is 5.11 Å². The maximum atomic E-state index is 9.99. The zero-order valence-electron chi connectivity index (χ0n) is 13.7. The summed E-state index contributed by atoms with van der Waals surface area (Å²) in [5.74, 6) is 0. The molecule has 5 heteroatoms. The first kappa shape index (κ1) is 17.2. The summed E-state index contributed by atoms with van der Waals surface area (Å²) in [5, 5.41) is 9.99. The van der Waals surface area contributed by atoms with Gasteiger partial charge in [-0.2, -0.15) is 0 Å². The molecule has 0 aromatic heterocycles. The van der Waals surface area contributed by atoms with Gasteiger partial charge in [-0.15, -0.1) is 0 Å². The number of benzene rings is 1. The highest BCUT2D eigenvalue weighted by Crippen LogP contribution is 2.17. The van der Waals surface area contributed by atoms with Crippen LogP contribution in [0.5, 0.6) is 0 Å². The second-order valence-electron chi connectivity index (χ2n) is 5.84. The van der Waals surface area contributed by atoms with Crippen molar-refractivity contribution >= 4 is 5.69 Å². The Morgan fingerprint density at radius 3 is 2.41 bits per heavy atom. The molecule has 1 heterocycles. The molecule has 0 amide bonds. The van der Waals surface area contributed by atoms with E-state index < -0.39 is 6.10 Å². The second kappa shape index (κ2) is 9.10. The van der Waals surface area contributed by atoms with Gasteiger partial charge in [-0.3, -0.25) is 4.90 Å². The largest absolute Gasteiger partial charge is 0.389 e. The average Bonchev–Trinajstić information content (AvgIpc) is 2.53. The lowest BCUT2D eigenvalue weighted by Gasteiger charge is -2.36. The minimum atomic E-state index is -0.428. The maximum absolute atomic E-state index is 9.99. The first-order valence-electron chi connectivity index (χ1n) is 7.98. The number of hydrogen-bond donors (Lipinski definition) is 1. The standard InChI is InChI=1S/C17H28N2O3/c1-15-3-5-16(6-4-15)19-9-7-18(8-10-19)13-17(20)14-22-12-11-21-2/h3-6,17,20H,7-14H2,1-2H3/t17-/m1/s1. The molecule has 0 bridgehead atoms. The van der Waals surface area contributed by atoms with Gasteiger partial charge >= 0.3 is 0 Å². The lowest BCUT2D eigenvalue weighted by Crippen LogP contribution is -2.49. The molecule has 1 aromatic rings. The van der Waals surface area contributed by atoms with E-state index >= 15 is 0 Å². The highest BCUT2D eigenvalue weighted by Gasteiger charge is 2.19. The molecule has 0 aliphatic carbocycles. The van der Waals surface area contributed by atoms with Crippen molar-refractivity contribution in [3.05, 3.63) is 29.8 Å². The van der Waals surface area contributed by atoms with Gasteiger partial charge in [-0.05, 0) is 19.1 Å². The van der Waals surface area contributed by atoms with Crippen LogP contribution in [0.2, 0.25) is 0 Å². The summed E-state index contributed by atoms with van der Waals surface area (Å²) < 4.78 is 10.3. The van der Waals surface area contributed by atoms with Crippen LogP contribution in [0.4, 0.5) is 5.69 Å². The smallest absolute Gasteiger partial charge is 0.0900 e. The number of anilines is 1. The predicted molar refractivity (Wildman–Crippen MR) is 88.5 cm³/mol. The number of β-amino-alcohol motifs (C(OH)–C–C–N with tert-alkyl or cyclic N) is 1. The van der Waals surface area contributed by atoms with Crippen LogP contribution in [0.1, 0.15) is 5.56 Å². The van der Waals surface area contributed by atoms with Crippen LogP contribution in [0, 0.1) is 6.92 Å². The molecule has 1 fully saturated rings. The molecular weight excluding hydrogens is 280 g/mol. The SMILES string of the molecule is COCCOC[C@H](O)CN1CCN(c2ccc(C)cc2)CC1. The monoisotopic (exact) mass is 308 g/mol. The van der Waals surface area contributed by atoms with Crippen LogP contribution in [-0.4, -0.2) is 75.8 Å². The quantitative estimate of drug-likeness (QED) is 0.730. The Morgan fingerprint density at radius 1 is 1.09 bits per heavy atom. The third kappa shape index (κ3) is 5.57. The van der Waals surface area contributed by atoms with Crippen molar-refractivity contribution < 1.29 is 14.6 Å². The summed E-state index contributed by atoms with van der Waals surface area (Å²) in [7, 11) is 1.65. The van der Waals surface area contributed by atoms with Gasteiger partial charge in [0.2, 0.25) is 0 Å². The molecule has 1 aliphatic rings. The number of piperazine rings is 1. The van der Waals surface area contributed by atoms with Gasteiger partial charge in [0.25, 0.3) is 0 Å². The van der Waals surface area contributed by atoms with Crippen molar-refractivity contribution in [1.29, 1.82) is 0 Å². The zero-order valence-corrected chi connectivity index (χ0v) is 13.7. The summed E-state index contributed by atoms with van der Waals surface area (Å²) >= 11 is 0. The van der Waals surface area contributed by atoms with Gasteiger partial charge in [0, 0.05) is 45.5 Å². The predicted octanol–water partition coefficient (Wildman–Crippen LogP) is 1.14. The third-order valence-corrected chi connectivity index (χ3v) is 3.98. The van der Waals surface area contributed by atoms with Gasteiger partial charge in [0.15, 0.2) is 0 Å². The zero-order chi connectivity index (χ0) is 15.8. The van der Waals surface area contributed by atoms with E-state index in [0.29, 0.717) is 26.4 Å². The molecule has 124 valence electrons. The molecule has 1 saturated heterocycles. The summed E-state index contributed by atoms with van der Waals surface area (Å²) in [4.78, 5) is 4.70. The minimum absolute atomic E-state index is 0.377. The lowest BCUT2D eigenvalue weighted by molar-refractivity contribution is -0.00108. The van der Waals surface area contributed by atoms with Gasteiger partial charge in [-0.1, -0.05) is 17.7 Å². The molecule has 0 saturated carbocycles. The topological polar surface area (TPSA) is 45.2 Å². The first-order chi connectivity index (χ1) is 10.7. The Morgan fingerprint density at radius 2 is 1.77 bits per heavy atom. The van der Waals surface area contributed by atoms with Crippen LogP contribution in [0.3, 0.4) is 0 Å². The number of nitrogens with zero attached hydrogens (tertiary/aromatic N) is 2. The Hall–Kier alpha value is -1.14. The molecule has 1 atom stereocenters. The number of rotatable bonds is 8. The Balaban J connectivity index is 1.67. The molecule has 1 N–H and O–H groups in total. The number of aliphatic hydroxyl groups is 1. The molecule has 5 nitrogen and oxygen atoms in total. The van der Waals surface area contributed by atoms with Crippen molar-refractivity contribution in [1.82, 2.24) is 4.90 Å². The number of aryl methyl sites for hydroxylation is 1. The number of ether oxygens (including phenoxy) is 2. The maximum Gasteiger partial charge on any atom is 0.0900 e. The molecule has 2 rings (SSSR count). The fourth-order valence-electron chi connectivity index (χ4n) is 2.66. The highest BCUT2D eigenvalue weighted by atomic mass is 16.5. The third-order valence-electron chi connectivity index (χ3n) is 3.98. The summed E-state index contributed by atoms with van der Waals surface area (Å²) in [5.41, 5.74) is 2.58. The van der Waals surface area contributed by atoms with Crippen LogP contribution >= 0.6 is 0 Å². The lowest BCUT2D eigenvalue weighted by atomic mass is 10.2. The van der Waals surface area contributed by atoms with Crippen LogP contribution < -0.4 is 4.90 Å². The fraction of sp³-hybridized carbons (Fsp3) is 0.647. The highest BCUT2D eigenvalue weighted by molar-refractivity contribution is 5.47. The van der Waals surface area contributed by atoms with Gasteiger partial charge in [0.05, 0.1) is 25.9 Å². The fourth-order valence-corrected chi connectivity index (χ4v) is 2.66. The number of methoxy groups -OCH3 is 1. The van der Waals surface area contributed by atoms with E-state index in [-0.39, 0.29) is 0 Å². The Bertz CT molecular complexity index is 416. The van der Waals surface area contributed by atoms with Crippen molar-refractivity contribution in [2.45, 2.75) is 13.0 Å². The summed E-state index contributed by atoms with van der Waals surface area (Å²) in [6.07, 6.45) is -0.428. The minimum Gasteiger partial charge on any atom is -0.389 e. The van der Waals surface area contributed by atoms with E-state index in [2.05, 4.69) is 41.0 Å². The normalized spacial score (nSPS) is 17.7. The molecule has 0 unspecified atom stereocenters. The van der Waals surface area contributed by atoms with Gasteiger partial charge < -0.3 is 19.5 Å². The van der Waals surface area contributed by atoms with Crippen molar-refractivity contribution in [3.63, 3.8) is 0 Å². The average molecular weight is 308 g/mol. The van der Waals surface area contributed by atoms with Gasteiger partial charge in [0.1, 0.15) is 0 Å². The van der Waals surface area contributed by atoms with Crippen LogP contribution in [-0.2, 0) is 9.47 Å². The number of aliphatic hydroxyl groups excluding tert-OH is 1. The van der Waals surface area contributed by atoms with Crippen molar-refractivity contribution in [2.75, 3.05) is 64.6 Å². The van der Waals surface area contributed by atoms with Gasteiger partial charge in [-0.25, -0.2) is 0 Å². The Kier molecular flexibility index (Phi) is 7.12. The molecule has 22 heavy (non-hydrogen) atoms. The van der Waals surface area contributed by atoms with E-state index in [4.69, 9.17) is 9.47 Å². The Labute approximate surface area is 133 Å². The first-order valence-corrected chi connectivity index (χ1v) is 7.98. The van der Waals surface area contributed by atoms with Crippen molar-refractivity contribution in [2.24, 2.45) is 0 Å². The summed E-state index contributed by atoms with van der Waals surface area (Å²) in [6.45, 7) is 8.22. The van der Waals surface area contributed by atoms with E-state index in [1.807, 2.05) is 0 Å². The van der Waals surface area contributed by atoms with E-state index in [1.54, 1.807) is 7.11 Å². The van der Waals surface area contributed by atoms with Crippen LogP contribution in [0.15, 0.2) is 24.3 Å². The summed E-state index contributed by atoms with van der Waals surface area (Å²) in [6, 6.07) is 8.68. The molecular formula is C17H28N2O3. The second-order valence-corrected chi connectivity index (χ2v) is 5.84. The van der Waals surface area contributed by atoms with E-state index in [1.165, 1.54) is 11.3 Å². The van der Waals surface area contributed by atoms with E-state index in [0.717, 1.165) is 26.2 Å². The molecule has 1 aliphatic heterocycles. The molecule has 1 aromatic carbocycles.